The second-order valence-electron chi connectivity index (χ2n) is 11.7. The molecule has 0 aromatic carbocycles. The Balaban J connectivity index is 2.10. The van der Waals surface area contributed by atoms with Crippen molar-refractivity contribution in [2.24, 2.45) is 46.3 Å². The largest absolute Gasteiger partial charge is 0.481 e. The van der Waals surface area contributed by atoms with Crippen molar-refractivity contribution >= 4 is 11.9 Å². The number of esters is 1. The summed E-state index contributed by atoms with van der Waals surface area (Å²) in [6, 6.07) is 0. The van der Waals surface area contributed by atoms with Crippen molar-refractivity contribution < 1.29 is 19.4 Å². The van der Waals surface area contributed by atoms with Crippen LogP contribution < -0.4 is 0 Å². The van der Waals surface area contributed by atoms with Crippen LogP contribution in [0.3, 0.4) is 0 Å². The molecular formula is C26H46O4. The first-order valence-electron chi connectivity index (χ1n) is 12.3. The minimum atomic E-state index is -0.853. The Morgan fingerprint density at radius 3 is 2.30 bits per heavy atom. The van der Waals surface area contributed by atoms with Gasteiger partial charge in [0.2, 0.25) is 0 Å². The minimum absolute atomic E-state index is 0.0302. The monoisotopic (exact) mass is 422 g/mol. The van der Waals surface area contributed by atoms with E-state index in [1.807, 2.05) is 6.92 Å². The lowest BCUT2D eigenvalue weighted by atomic mass is 9.49. The van der Waals surface area contributed by atoms with Crippen LogP contribution >= 0.6 is 0 Å². The molecule has 0 aliphatic heterocycles. The van der Waals surface area contributed by atoms with Crippen LogP contribution in [0.5, 0.6) is 0 Å². The molecule has 4 heteroatoms. The Kier molecular flexibility index (Phi) is 8.43. The van der Waals surface area contributed by atoms with Crippen molar-refractivity contribution in [2.45, 2.75) is 99.8 Å². The normalized spacial score (nSPS) is 35.6. The molecule has 0 spiro atoms. The molecule has 1 N–H and O–H groups in total. The van der Waals surface area contributed by atoms with Gasteiger partial charge in [0.25, 0.3) is 0 Å². The fraction of sp³-hybridized carbons (Fsp3) is 0.923. The molecule has 174 valence electrons. The van der Waals surface area contributed by atoms with Gasteiger partial charge in [-0.25, -0.2) is 0 Å². The number of carbonyl (C=O) groups is 2. The Hall–Kier alpha value is -1.06. The highest BCUT2D eigenvalue weighted by Crippen LogP contribution is 2.57. The molecule has 2 rings (SSSR count). The summed E-state index contributed by atoms with van der Waals surface area (Å²) in [7, 11) is 0. The predicted molar refractivity (Wildman–Crippen MR) is 121 cm³/mol. The Labute approximate surface area is 184 Å². The highest BCUT2D eigenvalue weighted by Gasteiger charge is 2.52. The van der Waals surface area contributed by atoms with E-state index in [0.29, 0.717) is 30.8 Å². The lowest BCUT2D eigenvalue weighted by Crippen LogP contribution is -2.51. The van der Waals surface area contributed by atoms with Crippen LogP contribution in [-0.2, 0) is 14.3 Å². The second-order valence-corrected chi connectivity index (χ2v) is 11.7. The summed E-state index contributed by atoms with van der Waals surface area (Å²) >= 11 is 0. The molecule has 0 aromatic heterocycles. The average Bonchev–Trinajstić information content (AvgIpc) is 2.62. The third-order valence-electron chi connectivity index (χ3n) is 8.64. The Bertz CT molecular complexity index is 594. The first-order valence-corrected chi connectivity index (χ1v) is 12.3. The van der Waals surface area contributed by atoms with Crippen LogP contribution in [0.15, 0.2) is 0 Å². The molecule has 2 aliphatic carbocycles. The van der Waals surface area contributed by atoms with Gasteiger partial charge >= 0.3 is 11.9 Å². The summed E-state index contributed by atoms with van der Waals surface area (Å²) in [5.74, 6) is -0.830. The third-order valence-corrected chi connectivity index (χ3v) is 8.64. The molecule has 6 atom stereocenters. The fourth-order valence-electron chi connectivity index (χ4n) is 7.23. The van der Waals surface area contributed by atoms with Gasteiger partial charge in [-0.15, -0.1) is 0 Å². The molecule has 0 aromatic rings. The maximum absolute atomic E-state index is 13.0. The summed E-state index contributed by atoms with van der Waals surface area (Å²) in [5, 5.41) is 9.66. The number of hydrogen-bond acceptors (Lipinski definition) is 3. The van der Waals surface area contributed by atoms with Gasteiger partial charge in [-0.1, -0.05) is 74.1 Å². The van der Waals surface area contributed by atoms with Crippen molar-refractivity contribution in [3.05, 3.63) is 0 Å². The van der Waals surface area contributed by atoms with E-state index in [9.17, 15) is 14.7 Å². The molecule has 0 saturated heterocycles. The van der Waals surface area contributed by atoms with Crippen LogP contribution in [0, 0.1) is 46.3 Å². The van der Waals surface area contributed by atoms with Gasteiger partial charge in [0.15, 0.2) is 0 Å². The van der Waals surface area contributed by atoms with Crippen molar-refractivity contribution in [2.75, 3.05) is 6.61 Å². The number of hydrogen-bond donors (Lipinski definition) is 1. The standard InChI is InChI=1S/C26H46O4/c1-8-9-10-14-21-25(4,5)15-18(3)20(26(21,6)7)16-30-24(29)19-13-11-12-17(2)22(19)23(27)28/h17-22H,8-16H2,1-7H3,(H,27,28). The molecule has 2 fully saturated rings. The number of aliphatic carboxylic acids is 1. The van der Waals surface area contributed by atoms with E-state index in [2.05, 4.69) is 41.5 Å². The molecule has 0 heterocycles. The summed E-state index contributed by atoms with van der Waals surface area (Å²) in [6.07, 6.45) is 8.56. The van der Waals surface area contributed by atoms with Gasteiger partial charge in [0.1, 0.15) is 0 Å². The molecule has 6 unspecified atom stereocenters. The van der Waals surface area contributed by atoms with Crippen LogP contribution in [0.4, 0.5) is 0 Å². The zero-order valence-corrected chi connectivity index (χ0v) is 20.5. The minimum Gasteiger partial charge on any atom is -0.481 e. The number of carbonyl (C=O) groups excluding carboxylic acids is 1. The number of rotatable bonds is 8. The van der Waals surface area contributed by atoms with Crippen LogP contribution in [-0.4, -0.2) is 23.7 Å². The van der Waals surface area contributed by atoms with Gasteiger partial charge in [-0.3, -0.25) is 9.59 Å². The first kappa shape index (κ1) is 25.2. The molecule has 2 saturated carbocycles. The number of ether oxygens (including phenoxy) is 1. The zero-order chi connectivity index (χ0) is 22.7. The van der Waals surface area contributed by atoms with Crippen molar-refractivity contribution in [3.8, 4) is 0 Å². The van der Waals surface area contributed by atoms with Gasteiger partial charge in [-0.2, -0.15) is 0 Å². The van der Waals surface area contributed by atoms with E-state index in [1.54, 1.807) is 0 Å². The topological polar surface area (TPSA) is 63.6 Å². The second kappa shape index (κ2) is 10.0. The summed E-state index contributed by atoms with van der Waals surface area (Å²) in [5.41, 5.74) is 0.367. The van der Waals surface area contributed by atoms with Crippen molar-refractivity contribution in [1.29, 1.82) is 0 Å². The number of carboxylic acid groups (broad SMARTS) is 1. The first-order chi connectivity index (χ1) is 13.9. The molecule has 0 amide bonds. The van der Waals surface area contributed by atoms with Crippen molar-refractivity contribution in [1.82, 2.24) is 0 Å². The van der Waals surface area contributed by atoms with Crippen LogP contribution in [0.1, 0.15) is 99.8 Å². The Morgan fingerprint density at radius 1 is 1.03 bits per heavy atom. The van der Waals surface area contributed by atoms with Gasteiger partial charge in [0, 0.05) is 5.92 Å². The van der Waals surface area contributed by atoms with Crippen molar-refractivity contribution in [3.63, 3.8) is 0 Å². The molecule has 0 bridgehead atoms. The fourth-order valence-corrected chi connectivity index (χ4v) is 7.23. The van der Waals surface area contributed by atoms with E-state index >= 15 is 0 Å². The lowest BCUT2D eigenvalue weighted by Gasteiger charge is -2.56. The van der Waals surface area contributed by atoms with Gasteiger partial charge < -0.3 is 9.84 Å². The van der Waals surface area contributed by atoms with Gasteiger partial charge in [0.05, 0.1) is 18.4 Å². The van der Waals surface area contributed by atoms with E-state index in [1.165, 1.54) is 25.7 Å². The van der Waals surface area contributed by atoms with Gasteiger partial charge in [-0.05, 0) is 54.3 Å². The molecule has 0 radical (unpaired) electrons. The number of carboxylic acids is 1. The van der Waals surface area contributed by atoms with E-state index in [-0.39, 0.29) is 22.7 Å². The number of unbranched alkanes of at least 4 members (excludes halogenated alkanes) is 2. The lowest BCUT2D eigenvalue weighted by molar-refractivity contribution is -0.167. The third kappa shape index (κ3) is 5.40. The SMILES string of the molecule is CCCCCC1C(C)(C)CC(C)C(COC(=O)C2CCCC(C)C2C(=O)O)C1(C)C. The molecule has 2 aliphatic rings. The van der Waals surface area contributed by atoms with Crippen LogP contribution in [0.2, 0.25) is 0 Å². The smallest absolute Gasteiger partial charge is 0.309 e. The van der Waals surface area contributed by atoms with E-state index in [4.69, 9.17) is 4.74 Å². The zero-order valence-electron chi connectivity index (χ0n) is 20.5. The quantitative estimate of drug-likeness (QED) is 0.355. The molecular weight excluding hydrogens is 376 g/mol. The van der Waals surface area contributed by atoms with E-state index in [0.717, 1.165) is 19.3 Å². The highest BCUT2D eigenvalue weighted by molar-refractivity contribution is 5.81. The molecule has 4 nitrogen and oxygen atoms in total. The summed E-state index contributed by atoms with van der Waals surface area (Å²) in [4.78, 5) is 24.7. The Morgan fingerprint density at radius 2 is 1.70 bits per heavy atom. The summed E-state index contributed by atoms with van der Waals surface area (Å²) in [6.45, 7) is 16.5. The average molecular weight is 423 g/mol. The van der Waals surface area contributed by atoms with Crippen LogP contribution in [0.25, 0.3) is 0 Å². The highest BCUT2D eigenvalue weighted by atomic mass is 16.5. The maximum atomic E-state index is 13.0. The molecule has 30 heavy (non-hydrogen) atoms. The maximum Gasteiger partial charge on any atom is 0.309 e. The predicted octanol–water partition coefficient (Wildman–Crippen LogP) is 6.57. The summed E-state index contributed by atoms with van der Waals surface area (Å²) < 4.78 is 5.90. The van der Waals surface area contributed by atoms with E-state index < -0.39 is 17.8 Å².